The first kappa shape index (κ1) is 22.5. The average Bonchev–Trinajstić information content (AvgIpc) is 3.28. The molecule has 5 aromatic rings. The number of aromatic nitrogens is 5. The van der Waals surface area contributed by atoms with Gasteiger partial charge < -0.3 is 19.9 Å². The number of likely N-dealkylation sites (N-methyl/N-ethyl adjacent to an activating group) is 1. The molecular formula is C27H27N7O. The van der Waals surface area contributed by atoms with E-state index in [1.165, 1.54) is 0 Å². The molecule has 0 bridgehead atoms. The van der Waals surface area contributed by atoms with Gasteiger partial charge in [-0.15, -0.1) is 0 Å². The van der Waals surface area contributed by atoms with E-state index < -0.39 is 0 Å². The fraction of sp³-hybridized carbons (Fsp3) is 0.185. The summed E-state index contributed by atoms with van der Waals surface area (Å²) in [4.78, 5) is 23.6. The Bertz CT molecular complexity index is 1450. The molecule has 0 aliphatic carbocycles. The number of anilines is 2. The zero-order chi connectivity index (χ0) is 24.2. The number of nitrogens with one attached hydrogen (secondary N) is 2. The van der Waals surface area contributed by atoms with Gasteiger partial charge in [0.2, 0.25) is 5.95 Å². The quantitative estimate of drug-likeness (QED) is 0.330. The maximum Gasteiger partial charge on any atom is 0.227 e. The van der Waals surface area contributed by atoms with Crippen molar-refractivity contribution in [3.8, 4) is 28.4 Å². The molecule has 0 saturated heterocycles. The van der Waals surface area contributed by atoms with E-state index in [2.05, 4.69) is 36.2 Å². The molecule has 2 aromatic carbocycles. The molecule has 0 saturated carbocycles. The second kappa shape index (κ2) is 9.90. The van der Waals surface area contributed by atoms with Crippen molar-refractivity contribution in [3.63, 3.8) is 0 Å². The highest BCUT2D eigenvalue weighted by Crippen LogP contribution is 2.29. The van der Waals surface area contributed by atoms with Crippen molar-refractivity contribution in [1.29, 1.82) is 0 Å². The minimum absolute atomic E-state index is 0.520. The number of ether oxygens (including phenoxy) is 1. The Morgan fingerprint density at radius 1 is 0.971 bits per heavy atom. The number of benzene rings is 2. The molecule has 8 heteroatoms. The molecule has 0 aliphatic rings. The number of hydrogen-bond donors (Lipinski definition) is 2. The van der Waals surface area contributed by atoms with Gasteiger partial charge in [-0.3, -0.25) is 4.98 Å². The molecule has 0 atom stereocenters. The van der Waals surface area contributed by atoms with Crippen LogP contribution in [0, 0.1) is 6.92 Å². The minimum Gasteiger partial charge on any atom is -0.492 e. The lowest BCUT2D eigenvalue weighted by Crippen LogP contribution is -2.19. The van der Waals surface area contributed by atoms with Crippen LogP contribution in [0.15, 0.2) is 73.2 Å². The van der Waals surface area contributed by atoms with E-state index >= 15 is 0 Å². The zero-order valence-corrected chi connectivity index (χ0v) is 20.0. The molecule has 0 amide bonds. The number of H-pyrrole nitrogens is 1. The fourth-order valence-electron chi connectivity index (χ4n) is 3.73. The first-order chi connectivity index (χ1) is 17.0. The van der Waals surface area contributed by atoms with Crippen molar-refractivity contribution in [1.82, 2.24) is 29.8 Å². The van der Waals surface area contributed by atoms with E-state index in [1.54, 1.807) is 18.6 Å². The highest BCUT2D eigenvalue weighted by molar-refractivity contribution is 5.85. The molecule has 3 heterocycles. The summed E-state index contributed by atoms with van der Waals surface area (Å²) in [7, 11) is 4.06. The van der Waals surface area contributed by atoms with Gasteiger partial charge in [-0.25, -0.2) is 15.0 Å². The molecule has 0 unspecified atom stereocenters. The lowest BCUT2D eigenvalue weighted by molar-refractivity contribution is 0.261. The van der Waals surface area contributed by atoms with Crippen LogP contribution in [0.3, 0.4) is 0 Å². The molecule has 0 spiro atoms. The fourth-order valence-corrected chi connectivity index (χ4v) is 3.73. The highest BCUT2D eigenvalue weighted by Gasteiger charge is 2.11. The summed E-state index contributed by atoms with van der Waals surface area (Å²) in [6, 6.07) is 17.8. The topological polar surface area (TPSA) is 91.8 Å². The third-order valence-corrected chi connectivity index (χ3v) is 5.60. The molecule has 0 fully saturated rings. The first-order valence-electron chi connectivity index (χ1n) is 11.4. The van der Waals surface area contributed by atoms with E-state index in [0.29, 0.717) is 12.6 Å². The Labute approximate surface area is 204 Å². The Hall–Kier alpha value is -4.30. The third-order valence-electron chi connectivity index (χ3n) is 5.60. The van der Waals surface area contributed by atoms with E-state index in [1.807, 2.05) is 69.6 Å². The molecule has 35 heavy (non-hydrogen) atoms. The van der Waals surface area contributed by atoms with Crippen LogP contribution in [0.5, 0.6) is 5.75 Å². The van der Waals surface area contributed by atoms with Gasteiger partial charge in [0.25, 0.3) is 0 Å². The molecule has 176 valence electrons. The van der Waals surface area contributed by atoms with Crippen molar-refractivity contribution in [3.05, 3.63) is 78.8 Å². The van der Waals surface area contributed by atoms with Gasteiger partial charge in [-0.1, -0.05) is 12.1 Å². The second-order valence-electron chi connectivity index (χ2n) is 8.58. The van der Waals surface area contributed by atoms with Gasteiger partial charge in [0.05, 0.1) is 16.7 Å². The van der Waals surface area contributed by atoms with Crippen LogP contribution in [0.2, 0.25) is 0 Å². The maximum absolute atomic E-state index is 5.89. The summed E-state index contributed by atoms with van der Waals surface area (Å²) in [5, 5.41) is 3.34. The molecule has 3 aromatic heterocycles. The monoisotopic (exact) mass is 465 g/mol. The Morgan fingerprint density at radius 2 is 1.86 bits per heavy atom. The van der Waals surface area contributed by atoms with Crippen molar-refractivity contribution in [2.24, 2.45) is 0 Å². The van der Waals surface area contributed by atoms with Crippen LogP contribution in [-0.2, 0) is 0 Å². The van der Waals surface area contributed by atoms with Crippen LogP contribution < -0.4 is 10.1 Å². The summed E-state index contributed by atoms with van der Waals surface area (Å²) in [5.41, 5.74) is 6.51. The van der Waals surface area contributed by atoms with Crippen LogP contribution in [0.4, 0.5) is 11.6 Å². The van der Waals surface area contributed by atoms with Gasteiger partial charge >= 0.3 is 0 Å². The number of nitrogens with zero attached hydrogens (tertiary/aromatic N) is 5. The van der Waals surface area contributed by atoms with Gasteiger partial charge in [0.1, 0.15) is 18.2 Å². The Balaban J connectivity index is 1.39. The predicted octanol–water partition coefficient (Wildman–Crippen LogP) is 5.07. The normalized spacial score (nSPS) is 11.2. The predicted molar refractivity (Wildman–Crippen MR) is 139 cm³/mol. The maximum atomic E-state index is 5.89. The largest absolute Gasteiger partial charge is 0.492 e. The van der Waals surface area contributed by atoms with Crippen molar-refractivity contribution in [2.45, 2.75) is 6.92 Å². The molecular weight excluding hydrogens is 438 g/mol. The molecule has 5 rings (SSSR count). The summed E-state index contributed by atoms with van der Waals surface area (Å²) in [5.74, 6) is 2.14. The number of rotatable bonds is 8. The molecule has 0 radical (unpaired) electrons. The summed E-state index contributed by atoms with van der Waals surface area (Å²) in [6.45, 7) is 3.54. The van der Waals surface area contributed by atoms with Crippen LogP contribution >= 0.6 is 0 Å². The van der Waals surface area contributed by atoms with Crippen molar-refractivity contribution < 1.29 is 4.74 Å². The van der Waals surface area contributed by atoms with Crippen molar-refractivity contribution >= 4 is 22.7 Å². The smallest absolute Gasteiger partial charge is 0.227 e. The summed E-state index contributed by atoms with van der Waals surface area (Å²) >= 11 is 0. The van der Waals surface area contributed by atoms with Crippen LogP contribution in [-0.4, -0.2) is 57.1 Å². The zero-order valence-electron chi connectivity index (χ0n) is 20.0. The lowest BCUT2D eigenvalue weighted by Gasteiger charge is -2.11. The minimum atomic E-state index is 0.520. The summed E-state index contributed by atoms with van der Waals surface area (Å²) < 4.78 is 5.89. The van der Waals surface area contributed by atoms with Gasteiger partial charge in [0.15, 0.2) is 0 Å². The number of aromatic amines is 1. The van der Waals surface area contributed by atoms with Crippen molar-refractivity contribution in [2.75, 3.05) is 32.6 Å². The standard InChI is InChI=1S/C27H27N7O/c1-18-14-24-25(31-26(30-24)19-6-4-8-21(15-19)35-13-12-34(2)3)16-23(18)33-27-29-11-9-22(32-27)20-7-5-10-28-17-20/h4-11,14-17H,12-13H2,1-3H3,(H,30,31)(H,29,32,33). The number of aryl methyl sites for hydroxylation is 1. The molecule has 8 nitrogen and oxygen atoms in total. The number of hydrogen-bond acceptors (Lipinski definition) is 7. The van der Waals surface area contributed by atoms with Crippen LogP contribution in [0.1, 0.15) is 5.56 Å². The van der Waals surface area contributed by atoms with E-state index in [0.717, 1.165) is 57.2 Å². The molecule has 2 N–H and O–H groups in total. The molecule has 0 aliphatic heterocycles. The SMILES string of the molecule is Cc1cc2[nH]c(-c3cccc(OCCN(C)C)c3)nc2cc1Nc1nccc(-c2cccnc2)n1. The van der Waals surface area contributed by atoms with Gasteiger partial charge in [0, 0.05) is 41.9 Å². The average molecular weight is 466 g/mol. The first-order valence-corrected chi connectivity index (χ1v) is 11.4. The summed E-state index contributed by atoms with van der Waals surface area (Å²) in [6.07, 6.45) is 5.28. The van der Waals surface area contributed by atoms with E-state index in [4.69, 9.17) is 9.72 Å². The lowest BCUT2D eigenvalue weighted by atomic mass is 10.2. The second-order valence-corrected chi connectivity index (χ2v) is 8.58. The van der Waals surface area contributed by atoms with E-state index in [-0.39, 0.29) is 0 Å². The Kier molecular flexibility index (Phi) is 6.36. The number of pyridine rings is 1. The highest BCUT2D eigenvalue weighted by atomic mass is 16.5. The van der Waals surface area contributed by atoms with E-state index in [9.17, 15) is 0 Å². The number of fused-ring (bicyclic) bond motifs is 1. The third kappa shape index (κ3) is 5.28. The Morgan fingerprint density at radius 3 is 2.69 bits per heavy atom. The number of imidazole rings is 1. The van der Waals surface area contributed by atoms with Crippen LogP contribution in [0.25, 0.3) is 33.7 Å². The van der Waals surface area contributed by atoms with Gasteiger partial charge in [-0.2, -0.15) is 0 Å². The van der Waals surface area contributed by atoms with Gasteiger partial charge in [-0.05, 0) is 69.0 Å².